The number of ether oxygens (including phenoxy) is 2. The number of fused-ring (bicyclic) bond motifs is 1. The van der Waals surface area contributed by atoms with Crippen molar-refractivity contribution in [2.24, 2.45) is 11.8 Å². The van der Waals surface area contributed by atoms with Gasteiger partial charge in [-0.15, -0.1) is 0 Å². The molecule has 1 aliphatic heterocycles. The minimum atomic E-state index is -0.480. The highest BCUT2D eigenvalue weighted by Crippen LogP contribution is 2.30. The molecular weight excluding hydrogens is 582 g/mol. The minimum absolute atomic E-state index is 0.000710. The number of anilines is 1. The predicted octanol–water partition coefficient (Wildman–Crippen LogP) is 5.70. The van der Waals surface area contributed by atoms with Crippen LogP contribution in [-0.4, -0.2) is 84.2 Å². The SMILES string of the molecule is C[C@@H]1CN([C@@H](C)CO)C(=O)c2cc(NC(=O)C3CCCCC3)ccc2O[C@@H](C)CCCCO[C@@H]1CN(C)C(=O)Cc1ccccc1. The van der Waals surface area contributed by atoms with E-state index < -0.39 is 6.04 Å². The molecule has 2 aliphatic rings. The number of nitrogens with one attached hydrogen (secondary N) is 1. The summed E-state index contributed by atoms with van der Waals surface area (Å²) in [7, 11) is 1.80. The van der Waals surface area contributed by atoms with Gasteiger partial charge in [-0.2, -0.15) is 0 Å². The number of carbonyl (C=O) groups excluding carboxylic acids is 3. The highest BCUT2D eigenvalue weighted by Gasteiger charge is 2.31. The van der Waals surface area contributed by atoms with Crippen LogP contribution >= 0.6 is 0 Å². The molecule has 4 atom stereocenters. The lowest BCUT2D eigenvalue weighted by molar-refractivity contribution is -0.132. The summed E-state index contributed by atoms with van der Waals surface area (Å²) < 4.78 is 12.7. The zero-order valence-electron chi connectivity index (χ0n) is 28.1. The van der Waals surface area contributed by atoms with Crippen LogP contribution in [0.5, 0.6) is 5.75 Å². The molecule has 1 saturated carbocycles. The van der Waals surface area contributed by atoms with E-state index in [0.29, 0.717) is 43.1 Å². The van der Waals surface area contributed by atoms with Crippen molar-refractivity contribution in [3.05, 3.63) is 59.7 Å². The number of amides is 3. The van der Waals surface area contributed by atoms with Crippen molar-refractivity contribution < 1.29 is 29.0 Å². The van der Waals surface area contributed by atoms with Crippen molar-refractivity contribution >= 4 is 23.4 Å². The molecular formula is C37H53N3O6. The fourth-order valence-corrected chi connectivity index (χ4v) is 6.35. The maximum atomic E-state index is 14.4. The molecule has 0 aromatic heterocycles. The molecule has 2 aromatic rings. The van der Waals surface area contributed by atoms with Crippen LogP contribution in [0.15, 0.2) is 48.5 Å². The Bertz CT molecular complexity index is 1280. The van der Waals surface area contributed by atoms with Gasteiger partial charge in [0, 0.05) is 44.3 Å². The van der Waals surface area contributed by atoms with Crippen LogP contribution in [0.3, 0.4) is 0 Å². The molecule has 46 heavy (non-hydrogen) atoms. The smallest absolute Gasteiger partial charge is 0.258 e. The minimum Gasteiger partial charge on any atom is -0.490 e. The number of benzene rings is 2. The number of nitrogens with zero attached hydrogens (tertiary/aromatic N) is 2. The zero-order valence-corrected chi connectivity index (χ0v) is 28.1. The van der Waals surface area contributed by atoms with E-state index in [0.717, 1.165) is 56.9 Å². The summed E-state index contributed by atoms with van der Waals surface area (Å²) in [6.45, 7) is 6.84. The first-order chi connectivity index (χ1) is 22.2. The standard InChI is InChI=1S/C37H53N3O6/c1-26-23-40(27(2)25-41)37(44)32-22-31(38-36(43)30-16-9-6-10-17-30)18-19-33(32)46-28(3)13-11-12-20-45-34(26)24-39(4)35(42)21-29-14-7-5-8-15-29/h5,7-8,14-15,18-19,22,26-28,30,34,41H,6,9-13,16-17,20-21,23-25H2,1-4H3,(H,38,43)/t26-,27+,28+,34-/m1/s1. The van der Waals surface area contributed by atoms with Gasteiger partial charge >= 0.3 is 0 Å². The molecule has 0 spiro atoms. The number of carbonyl (C=O) groups is 3. The summed E-state index contributed by atoms with van der Waals surface area (Å²) >= 11 is 0. The van der Waals surface area contributed by atoms with Crippen molar-refractivity contribution in [2.45, 2.75) is 96.8 Å². The van der Waals surface area contributed by atoms with E-state index in [2.05, 4.69) is 5.32 Å². The second-order valence-corrected chi connectivity index (χ2v) is 13.3. The normalized spacial score (nSPS) is 22.6. The van der Waals surface area contributed by atoms with E-state index in [4.69, 9.17) is 9.47 Å². The van der Waals surface area contributed by atoms with Crippen LogP contribution in [0.2, 0.25) is 0 Å². The third-order valence-electron chi connectivity index (χ3n) is 9.37. The predicted molar refractivity (Wildman–Crippen MR) is 180 cm³/mol. The average Bonchev–Trinajstić information content (AvgIpc) is 3.06. The van der Waals surface area contributed by atoms with Gasteiger partial charge in [0.2, 0.25) is 11.8 Å². The summed E-state index contributed by atoms with van der Waals surface area (Å²) in [5.41, 5.74) is 1.87. The van der Waals surface area contributed by atoms with E-state index in [9.17, 15) is 19.5 Å². The number of hydrogen-bond donors (Lipinski definition) is 2. The summed E-state index contributed by atoms with van der Waals surface area (Å²) in [6, 6.07) is 14.5. The lowest BCUT2D eigenvalue weighted by Gasteiger charge is -2.36. The van der Waals surface area contributed by atoms with Crippen molar-refractivity contribution in [1.82, 2.24) is 9.80 Å². The number of hydrogen-bond acceptors (Lipinski definition) is 6. The molecule has 0 bridgehead atoms. The van der Waals surface area contributed by atoms with Crippen molar-refractivity contribution in [1.29, 1.82) is 0 Å². The van der Waals surface area contributed by atoms with Crippen LogP contribution in [0.4, 0.5) is 5.69 Å². The van der Waals surface area contributed by atoms with Gasteiger partial charge in [0.05, 0.1) is 36.8 Å². The Morgan fingerprint density at radius 3 is 2.46 bits per heavy atom. The van der Waals surface area contributed by atoms with Crippen molar-refractivity contribution in [3.63, 3.8) is 0 Å². The monoisotopic (exact) mass is 635 g/mol. The van der Waals surface area contributed by atoms with E-state index in [1.54, 1.807) is 35.0 Å². The Morgan fingerprint density at radius 1 is 1.02 bits per heavy atom. The Labute approximate surface area is 274 Å². The Balaban J connectivity index is 1.58. The summed E-state index contributed by atoms with van der Waals surface area (Å²) in [6.07, 6.45) is 7.39. The summed E-state index contributed by atoms with van der Waals surface area (Å²) in [5, 5.41) is 13.3. The molecule has 1 fully saturated rings. The summed E-state index contributed by atoms with van der Waals surface area (Å²) in [4.78, 5) is 43.9. The van der Waals surface area contributed by atoms with Gasteiger partial charge < -0.3 is 29.7 Å². The fraction of sp³-hybridized carbons (Fsp3) is 0.595. The van der Waals surface area contributed by atoms with Crippen LogP contribution in [0, 0.1) is 11.8 Å². The second-order valence-electron chi connectivity index (χ2n) is 13.3. The molecule has 0 radical (unpaired) electrons. The molecule has 252 valence electrons. The third kappa shape index (κ3) is 10.0. The first-order valence-electron chi connectivity index (χ1n) is 17.1. The van der Waals surface area contributed by atoms with Gasteiger partial charge in [0.25, 0.3) is 5.91 Å². The topological polar surface area (TPSA) is 108 Å². The Hall–Kier alpha value is -3.43. The van der Waals surface area contributed by atoms with Gasteiger partial charge in [0.15, 0.2) is 0 Å². The lowest BCUT2D eigenvalue weighted by atomic mass is 9.88. The van der Waals surface area contributed by atoms with Gasteiger partial charge in [-0.1, -0.05) is 56.5 Å². The molecule has 9 heteroatoms. The molecule has 0 unspecified atom stereocenters. The lowest BCUT2D eigenvalue weighted by Crippen LogP contribution is -2.48. The van der Waals surface area contributed by atoms with E-state index >= 15 is 0 Å². The largest absolute Gasteiger partial charge is 0.490 e. The van der Waals surface area contributed by atoms with Crippen molar-refractivity contribution in [3.8, 4) is 5.75 Å². The number of aliphatic hydroxyl groups excluding tert-OH is 1. The number of likely N-dealkylation sites (N-methyl/N-ethyl adjacent to an activating group) is 1. The maximum absolute atomic E-state index is 14.4. The number of aliphatic hydroxyl groups is 1. The average molecular weight is 636 g/mol. The van der Waals surface area contributed by atoms with Gasteiger partial charge in [0.1, 0.15) is 5.75 Å². The molecule has 1 heterocycles. The van der Waals surface area contributed by atoms with Crippen LogP contribution in [0.25, 0.3) is 0 Å². The van der Waals surface area contributed by atoms with Crippen LogP contribution < -0.4 is 10.1 Å². The number of rotatable bonds is 8. The molecule has 2 aromatic carbocycles. The van der Waals surface area contributed by atoms with E-state index in [1.807, 2.05) is 51.1 Å². The van der Waals surface area contributed by atoms with Crippen LogP contribution in [-0.2, 0) is 20.7 Å². The van der Waals surface area contributed by atoms with E-state index in [-0.39, 0.29) is 48.4 Å². The van der Waals surface area contributed by atoms with Gasteiger partial charge in [-0.25, -0.2) is 0 Å². The fourth-order valence-electron chi connectivity index (χ4n) is 6.35. The van der Waals surface area contributed by atoms with Crippen LogP contribution in [0.1, 0.15) is 88.1 Å². The summed E-state index contributed by atoms with van der Waals surface area (Å²) in [5.74, 6) is 0.00468. The molecule has 2 N–H and O–H groups in total. The molecule has 0 saturated heterocycles. The third-order valence-corrected chi connectivity index (χ3v) is 9.37. The quantitative estimate of drug-likeness (QED) is 0.385. The van der Waals surface area contributed by atoms with E-state index in [1.165, 1.54) is 0 Å². The second kappa shape index (κ2) is 17.5. The molecule has 3 amide bonds. The zero-order chi connectivity index (χ0) is 33.1. The van der Waals surface area contributed by atoms with Gasteiger partial charge in [-0.3, -0.25) is 14.4 Å². The highest BCUT2D eigenvalue weighted by atomic mass is 16.5. The van der Waals surface area contributed by atoms with Crippen molar-refractivity contribution in [2.75, 3.05) is 38.7 Å². The Kier molecular flexibility index (Phi) is 13.5. The molecule has 1 aliphatic carbocycles. The molecule has 4 rings (SSSR count). The highest BCUT2D eigenvalue weighted by molar-refractivity contribution is 6.00. The first-order valence-corrected chi connectivity index (χ1v) is 17.1. The Morgan fingerprint density at radius 2 is 1.74 bits per heavy atom. The van der Waals surface area contributed by atoms with Gasteiger partial charge in [-0.05, 0) is 69.7 Å². The molecule has 9 nitrogen and oxygen atoms in total. The maximum Gasteiger partial charge on any atom is 0.258 e. The first kappa shape index (κ1) is 35.4.